The molecular weight excluding hydrogens is 242 g/mol. The highest BCUT2D eigenvalue weighted by molar-refractivity contribution is 5.87. The molecule has 98 valence electrons. The number of hydrogen-bond donors (Lipinski definition) is 1. The fraction of sp³-hybridized carbons (Fsp3) is 0.308. The van der Waals surface area contributed by atoms with Crippen molar-refractivity contribution in [2.24, 2.45) is 0 Å². The van der Waals surface area contributed by atoms with Crippen LogP contribution in [0.5, 0.6) is 5.75 Å². The first-order chi connectivity index (χ1) is 8.19. The van der Waals surface area contributed by atoms with Crippen molar-refractivity contribution in [2.75, 3.05) is 0 Å². The molecule has 0 aliphatic rings. The second kappa shape index (κ2) is 5.16. The fourth-order valence-electron chi connectivity index (χ4n) is 1.18. The number of esters is 1. The van der Waals surface area contributed by atoms with Crippen molar-refractivity contribution in [1.82, 2.24) is 0 Å². The van der Waals surface area contributed by atoms with Crippen LogP contribution >= 0.6 is 0 Å². The maximum atomic E-state index is 13.0. The summed E-state index contributed by atoms with van der Waals surface area (Å²) in [6.07, 6.45) is 2.27. The first-order valence-electron chi connectivity index (χ1n) is 5.28. The molecule has 0 bridgehead atoms. The summed E-state index contributed by atoms with van der Waals surface area (Å²) in [5.74, 6) is -3.82. The van der Waals surface area contributed by atoms with E-state index in [1.54, 1.807) is 20.8 Å². The quantitative estimate of drug-likeness (QED) is 0.653. The molecule has 0 atom stereocenters. The summed E-state index contributed by atoms with van der Waals surface area (Å²) >= 11 is 0. The second-order valence-electron chi connectivity index (χ2n) is 4.70. The zero-order valence-electron chi connectivity index (χ0n) is 10.3. The lowest BCUT2D eigenvalue weighted by molar-refractivity contribution is -0.148. The van der Waals surface area contributed by atoms with Crippen LogP contribution in [0.15, 0.2) is 18.2 Å². The highest BCUT2D eigenvalue weighted by atomic mass is 19.1. The Morgan fingerprint density at radius 3 is 2.22 bits per heavy atom. The first-order valence-corrected chi connectivity index (χ1v) is 5.28. The number of halogens is 2. The third-order valence-corrected chi connectivity index (χ3v) is 1.86. The van der Waals surface area contributed by atoms with Crippen LogP contribution in [-0.4, -0.2) is 16.7 Å². The lowest BCUT2D eigenvalue weighted by Gasteiger charge is -2.17. The standard InChI is InChI=1S/C13H14F2O3/c1-13(2,3)18-11(16)5-4-8-6-9(14)12(17)10(15)7-8/h4-7,17H,1-3H3/b5-4+. The zero-order chi connectivity index (χ0) is 13.9. The molecule has 3 nitrogen and oxygen atoms in total. The number of ether oxygens (including phenoxy) is 1. The third kappa shape index (κ3) is 4.16. The first kappa shape index (κ1) is 14.2. The van der Waals surface area contributed by atoms with Crippen LogP contribution < -0.4 is 0 Å². The average molecular weight is 256 g/mol. The molecule has 1 aromatic rings. The highest BCUT2D eigenvalue weighted by Gasteiger charge is 2.14. The van der Waals surface area contributed by atoms with E-state index >= 15 is 0 Å². The highest BCUT2D eigenvalue weighted by Crippen LogP contribution is 2.22. The van der Waals surface area contributed by atoms with E-state index in [1.165, 1.54) is 6.08 Å². The van der Waals surface area contributed by atoms with E-state index < -0.39 is 29.0 Å². The molecule has 1 aromatic carbocycles. The Morgan fingerprint density at radius 2 is 1.78 bits per heavy atom. The fourth-order valence-corrected chi connectivity index (χ4v) is 1.18. The second-order valence-corrected chi connectivity index (χ2v) is 4.70. The number of aromatic hydroxyl groups is 1. The maximum Gasteiger partial charge on any atom is 0.331 e. The van der Waals surface area contributed by atoms with E-state index in [9.17, 15) is 13.6 Å². The van der Waals surface area contributed by atoms with E-state index in [0.29, 0.717) is 0 Å². The Balaban J connectivity index is 2.82. The van der Waals surface area contributed by atoms with Gasteiger partial charge in [0.2, 0.25) is 0 Å². The third-order valence-electron chi connectivity index (χ3n) is 1.86. The minimum absolute atomic E-state index is 0.119. The minimum atomic E-state index is -1.08. The number of hydrogen-bond acceptors (Lipinski definition) is 3. The van der Waals surface area contributed by atoms with Gasteiger partial charge in [0.05, 0.1) is 0 Å². The SMILES string of the molecule is CC(C)(C)OC(=O)/C=C/c1cc(F)c(O)c(F)c1. The predicted molar refractivity (Wildman–Crippen MR) is 62.9 cm³/mol. The molecule has 0 aliphatic carbocycles. The summed E-state index contributed by atoms with van der Waals surface area (Å²) in [6, 6.07) is 1.83. The van der Waals surface area contributed by atoms with Gasteiger partial charge in [0.25, 0.3) is 0 Å². The van der Waals surface area contributed by atoms with E-state index in [2.05, 4.69) is 0 Å². The molecule has 0 aliphatic heterocycles. The Morgan fingerprint density at radius 1 is 1.28 bits per heavy atom. The van der Waals surface area contributed by atoms with Gasteiger partial charge in [0, 0.05) is 6.08 Å². The number of phenolic OH excluding ortho intramolecular Hbond substituents is 1. The van der Waals surface area contributed by atoms with Gasteiger partial charge in [-0.15, -0.1) is 0 Å². The Labute approximate surface area is 104 Å². The summed E-state index contributed by atoms with van der Waals surface area (Å²) < 4.78 is 31.0. The molecule has 0 spiro atoms. The number of rotatable bonds is 2. The van der Waals surface area contributed by atoms with Gasteiger partial charge in [-0.2, -0.15) is 0 Å². The zero-order valence-corrected chi connectivity index (χ0v) is 10.3. The Kier molecular flexibility index (Phi) is 4.06. The van der Waals surface area contributed by atoms with Gasteiger partial charge in [-0.25, -0.2) is 13.6 Å². The summed E-state index contributed by atoms with van der Waals surface area (Å²) in [5, 5.41) is 8.90. The minimum Gasteiger partial charge on any atom is -0.503 e. The van der Waals surface area contributed by atoms with Crippen molar-refractivity contribution < 1.29 is 23.4 Å². The van der Waals surface area contributed by atoms with Gasteiger partial charge in [-0.05, 0) is 44.5 Å². The van der Waals surface area contributed by atoms with Gasteiger partial charge < -0.3 is 9.84 Å². The predicted octanol–water partition coefficient (Wildman–Crippen LogP) is 3.03. The van der Waals surface area contributed by atoms with Gasteiger partial charge in [-0.1, -0.05) is 0 Å². The number of carbonyl (C=O) groups is 1. The maximum absolute atomic E-state index is 13.0. The van der Waals surface area contributed by atoms with Crippen molar-refractivity contribution in [3.63, 3.8) is 0 Å². The number of carbonyl (C=O) groups excluding carboxylic acids is 1. The van der Waals surface area contributed by atoms with Gasteiger partial charge in [0.1, 0.15) is 5.60 Å². The van der Waals surface area contributed by atoms with Crippen LogP contribution in [0.1, 0.15) is 26.3 Å². The van der Waals surface area contributed by atoms with E-state index in [0.717, 1.165) is 18.2 Å². The lowest BCUT2D eigenvalue weighted by atomic mass is 10.2. The molecule has 0 amide bonds. The van der Waals surface area contributed by atoms with E-state index in [4.69, 9.17) is 9.84 Å². The van der Waals surface area contributed by atoms with Crippen molar-refractivity contribution in [3.05, 3.63) is 35.4 Å². The van der Waals surface area contributed by atoms with Gasteiger partial charge in [-0.3, -0.25) is 0 Å². The molecule has 0 heterocycles. The molecule has 0 unspecified atom stereocenters. The van der Waals surface area contributed by atoms with Crippen LogP contribution in [0.25, 0.3) is 6.08 Å². The van der Waals surface area contributed by atoms with Crippen molar-refractivity contribution >= 4 is 12.0 Å². The van der Waals surface area contributed by atoms with E-state index in [1.807, 2.05) is 0 Å². The Bertz CT molecular complexity index is 464. The average Bonchev–Trinajstić information content (AvgIpc) is 2.20. The molecule has 0 saturated carbocycles. The van der Waals surface area contributed by atoms with Gasteiger partial charge in [0.15, 0.2) is 17.4 Å². The molecular formula is C13H14F2O3. The molecule has 18 heavy (non-hydrogen) atoms. The molecule has 1 N–H and O–H groups in total. The summed E-state index contributed by atoms with van der Waals surface area (Å²) in [4.78, 5) is 11.3. The molecule has 0 fully saturated rings. The van der Waals surface area contributed by atoms with E-state index in [-0.39, 0.29) is 5.56 Å². The van der Waals surface area contributed by atoms with Crippen LogP contribution in [0.4, 0.5) is 8.78 Å². The molecule has 5 heteroatoms. The normalized spacial score (nSPS) is 11.8. The van der Waals surface area contributed by atoms with Crippen LogP contribution in [0.2, 0.25) is 0 Å². The molecule has 1 rings (SSSR count). The largest absolute Gasteiger partial charge is 0.503 e. The van der Waals surface area contributed by atoms with Crippen LogP contribution in [0.3, 0.4) is 0 Å². The van der Waals surface area contributed by atoms with Crippen molar-refractivity contribution in [1.29, 1.82) is 0 Å². The number of benzene rings is 1. The molecule has 0 aromatic heterocycles. The Hall–Kier alpha value is -1.91. The van der Waals surface area contributed by atoms with Crippen LogP contribution in [-0.2, 0) is 9.53 Å². The smallest absolute Gasteiger partial charge is 0.331 e. The monoisotopic (exact) mass is 256 g/mol. The lowest BCUT2D eigenvalue weighted by Crippen LogP contribution is -2.22. The topological polar surface area (TPSA) is 46.5 Å². The number of phenols is 1. The summed E-state index contributed by atoms with van der Waals surface area (Å²) in [5.41, 5.74) is -0.513. The molecule has 0 radical (unpaired) electrons. The van der Waals surface area contributed by atoms with Gasteiger partial charge >= 0.3 is 5.97 Å². The summed E-state index contributed by atoms with van der Waals surface area (Å²) in [6.45, 7) is 5.12. The van der Waals surface area contributed by atoms with Crippen molar-refractivity contribution in [3.8, 4) is 5.75 Å². The van der Waals surface area contributed by atoms with Crippen LogP contribution in [0, 0.1) is 11.6 Å². The summed E-state index contributed by atoms with van der Waals surface area (Å²) in [7, 11) is 0. The van der Waals surface area contributed by atoms with Crippen molar-refractivity contribution in [2.45, 2.75) is 26.4 Å². The molecule has 0 saturated heterocycles.